The number of sulfone groups is 1. The van der Waals surface area contributed by atoms with E-state index in [1.54, 1.807) is 49.1 Å². The minimum atomic E-state index is -3.84. The highest BCUT2D eigenvalue weighted by Gasteiger charge is 2.36. The number of pyridine rings is 1. The minimum absolute atomic E-state index is 0.180. The molecule has 0 spiro atoms. The van der Waals surface area contributed by atoms with Crippen molar-refractivity contribution < 1.29 is 22.6 Å². The van der Waals surface area contributed by atoms with Gasteiger partial charge in [0.1, 0.15) is 35.4 Å². The van der Waals surface area contributed by atoms with E-state index in [4.69, 9.17) is 14.2 Å². The van der Waals surface area contributed by atoms with Crippen LogP contribution >= 0.6 is 0 Å². The molecule has 1 aromatic carbocycles. The number of ether oxygens (including phenoxy) is 3. The van der Waals surface area contributed by atoms with Crippen LogP contribution in [0.4, 0.5) is 0 Å². The summed E-state index contributed by atoms with van der Waals surface area (Å²) in [6.07, 6.45) is 3.88. The van der Waals surface area contributed by atoms with Gasteiger partial charge in [0.2, 0.25) is 0 Å². The number of benzene rings is 1. The molecule has 37 heavy (non-hydrogen) atoms. The molecule has 0 saturated carbocycles. The van der Waals surface area contributed by atoms with Crippen LogP contribution in [0.5, 0.6) is 11.5 Å². The fourth-order valence-electron chi connectivity index (χ4n) is 4.13. The van der Waals surface area contributed by atoms with E-state index in [0.717, 1.165) is 5.56 Å². The van der Waals surface area contributed by atoms with Crippen LogP contribution in [0.3, 0.4) is 0 Å². The quantitative estimate of drug-likeness (QED) is 0.302. The van der Waals surface area contributed by atoms with Crippen LogP contribution in [-0.4, -0.2) is 69.5 Å². The Labute approximate surface area is 215 Å². The summed E-state index contributed by atoms with van der Waals surface area (Å²) in [6.45, 7) is 3.49. The summed E-state index contributed by atoms with van der Waals surface area (Å²) < 4.78 is 47.3. The van der Waals surface area contributed by atoms with E-state index in [2.05, 4.69) is 25.3 Å². The maximum atomic E-state index is 13.7. The van der Waals surface area contributed by atoms with E-state index in [1.807, 2.05) is 13.0 Å². The Morgan fingerprint density at radius 1 is 1.05 bits per heavy atom. The Morgan fingerprint density at radius 3 is 2.32 bits per heavy atom. The first-order chi connectivity index (χ1) is 17.7. The molecule has 196 valence electrons. The summed E-state index contributed by atoms with van der Waals surface area (Å²) in [7, 11) is 2.33. The van der Waals surface area contributed by atoms with Crippen molar-refractivity contribution in [1.82, 2.24) is 34.5 Å². The SMILES string of the molecule is COc1cccc(OC)c1-n1c(CS(=O)(=O)[C@@H](C)[C@@H](OC)c2ncnn2C)nnc1-c1cncc(C)c1. The smallest absolute Gasteiger partial charge is 0.170 e. The van der Waals surface area contributed by atoms with Crippen LogP contribution in [0.2, 0.25) is 0 Å². The predicted octanol–water partition coefficient (Wildman–Crippen LogP) is 2.47. The molecule has 0 radical (unpaired) electrons. The molecule has 0 aliphatic carbocycles. The van der Waals surface area contributed by atoms with Gasteiger partial charge in [-0.2, -0.15) is 5.10 Å². The molecule has 4 aromatic rings. The topological polar surface area (TPSA) is 136 Å². The second-order valence-corrected chi connectivity index (χ2v) is 10.8. The van der Waals surface area contributed by atoms with Crippen molar-refractivity contribution in [2.45, 2.75) is 31.0 Å². The van der Waals surface area contributed by atoms with Crippen LogP contribution in [0, 0.1) is 6.92 Å². The number of methoxy groups -OCH3 is 3. The highest BCUT2D eigenvalue weighted by Crippen LogP contribution is 2.37. The Kier molecular flexibility index (Phi) is 7.55. The zero-order valence-corrected chi connectivity index (χ0v) is 22.3. The van der Waals surface area contributed by atoms with E-state index < -0.39 is 26.9 Å². The highest BCUT2D eigenvalue weighted by atomic mass is 32.2. The highest BCUT2D eigenvalue weighted by molar-refractivity contribution is 7.91. The van der Waals surface area contributed by atoms with Crippen molar-refractivity contribution in [2.24, 2.45) is 7.05 Å². The molecule has 0 fully saturated rings. The molecule has 0 unspecified atom stereocenters. The van der Waals surface area contributed by atoms with Gasteiger partial charge in [-0.05, 0) is 37.6 Å². The van der Waals surface area contributed by atoms with Crippen molar-refractivity contribution in [3.8, 4) is 28.6 Å². The number of rotatable bonds is 10. The predicted molar refractivity (Wildman–Crippen MR) is 135 cm³/mol. The van der Waals surface area contributed by atoms with Gasteiger partial charge in [-0.1, -0.05) is 6.07 Å². The summed E-state index contributed by atoms with van der Waals surface area (Å²) >= 11 is 0. The number of nitrogens with zero attached hydrogens (tertiary/aromatic N) is 7. The second-order valence-electron chi connectivity index (χ2n) is 8.45. The van der Waals surface area contributed by atoms with Gasteiger partial charge >= 0.3 is 0 Å². The summed E-state index contributed by atoms with van der Waals surface area (Å²) in [6, 6.07) is 7.19. The fourth-order valence-corrected chi connectivity index (χ4v) is 5.55. The number of aromatic nitrogens is 7. The Morgan fingerprint density at radius 2 is 1.76 bits per heavy atom. The zero-order chi connectivity index (χ0) is 26.7. The molecule has 0 aliphatic rings. The normalized spacial score (nSPS) is 13.4. The van der Waals surface area contributed by atoms with Gasteiger partial charge < -0.3 is 14.2 Å². The fraction of sp³-hybridized carbons (Fsp3) is 0.375. The number of para-hydroxylation sites is 1. The maximum absolute atomic E-state index is 13.7. The van der Waals surface area contributed by atoms with Crippen LogP contribution in [0.25, 0.3) is 17.1 Å². The molecule has 0 aliphatic heterocycles. The molecular weight excluding hydrogens is 498 g/mol. The zero-order valence-electron chi connectivity index (χ0n) is 21.5. The average molecular weight is 528 g/mol. The molecule has 0 bridgehead atoms. The molecule has 0 saturated heterocycles. The van der Waals surface area contributed by atoms with E-state index in [1.165, 1.54) is 32.3 Å². The molecule has 4 rings (SSSR count). The molecule has 2 atom stereocenters. The first-order valence-corrected chi connectivity index (χ1v) is 13.1. The average Bonchev–Trinajstić information content (AvgIpc) is 3.49. The maximum Gasteiger partial charge on any atom is 0.170 e. The van der Waals surface area contributed by atoms with Gasteiger partial charge in [0, 0.05) is 32.1 Å². The van der Waals surface area contributed by atoms with Crippen LogP contribution in [0.1, 0.15) is 30.2 Å². The van der Waals surface area contributed by atoms with E-state index in [-0.39, 0.29) is 5.82 Å². The largest absolute Gasteiger partial charge is 0.494 e. The second kappa shape index (κ2) is 10.6. The lowest BCUT2D eigenvalue weighted by Crippen LogP contribution is -2.30. The first-order valence-electron chi connectivity index (χ1n) is 11.4. The monoisotopic (exact) mass is 527 g/mol. The molecule has 12 nitrogen and oxygen atoms in total. The summed E-state index contributed by atoms with van der Waals surface area (Å²) in [4.78, 5) is 8.45. The third kappa shape index (κ3) is 5.04. The van der Waals surface area contributed by atoms with Crippen LogP contribution in [0.15, 0.2) is 43.0 Å². The van der Waals surface area contributed by atoms with Crippen molar-refractivity contribution in [3.05, 3.63) is 60.2 Å². The van der Waals surface area contributed by atoms with E-state index in [0.29, 0.717) is 34.4 Å². The number of hydrogen-bond acceptors (Lipinski definition) is 10. The lowest BCUT2D eigenvalue weighted by Gasteiger charge is -2.22. The Hall–Kier alpha value is -3.84. The molecular formula is C24H29N7O5S. The van der Waals surface area contributed by atoms with Crippen molar-refractivity contribution in [1.29, 1.82) is 0 Å². The van der Waals surface area contributed by atoms with E-state index >= 15 is 0 Å². The lowest BCUT2D eigenvalue weighted by atomic mass is 10.2. The first kappa shape index (κ1) is 26.2. The van der Waals surface area contributed by atoms with Crippen molar-refractivity contribution >= 4 is 9.84 Å². The van der Waals surface area contributed by atoms with Crippen molar-refractivity contribution in [3.63, 3.8) is 0 Å². The third-order valence-electron chi connectivity index (χ3n) is 6.07. The molecule has 13 heteroatoms. The number of hydrogen-bond donors (Lipinski definition) is 0. The summed E-state index contributed by atoms with van der Waals surface area (Å²) in [5, 5.41) is 11.7. The molecule has 3 aromatic heterocycles. The van der Waals surface area contributed by atoms with Gasteiger partial charge in [-0.15, -0.1) is 10.2 Å². The van der Waals surface area contributed by atoms with Gasteiger partial charge in [0.25, 0.3) is 0 Å². The van der Waals surface area contributed by atoms with Gasteiger partial charge in [-0.3, -0.25) is 14.2 Å². The standard InChI is InChI=1S/C24H29N7O5S/c1-15-10-17(12-25-11-15)23-29-28-20(31(23)21-18(34-4)8-7-9-19(21)35-5)13-37(32,33)16(2)22(36-6)24-26-14-27-30(24)3/h7-12,14,16,22H,13H2,1-6H3/t16-,22+/m0/s1. The minimum Gasteiger partial charge on any atom is -0.494 e. The van der Waals surface area contributed by atoms with Crippen LogP contribution in [-0.2, 0) is 27.4 Å². The third-order valence-corrected chi connectivity index (χ3v) is 8.11. The Bertz CT molecular complexity index is 1480. The van der Waals surface area contributed by atoms with Gasteiger partial charge in [0.05, 0.1) is 19.5 Å². The van der Waals surface area contributed by atoms with Crippen LogP contribution < -0.4 is 9.47 Å². The lowest BCUT2D eigenvalue weighted by molar-refractivity contribution is 0.0917. The Balaban J connectivity index is 1.87. The molecule has 0 N–H and O–H groups in total. The summed E-state index contributed by atoms with van der Waals surface area (Å²) in [5.74, 6) is 1.47. The van der Waals surface area contributed by atoms with E-state index in [9.17, 15) is 8.42 Å². The molecule has 0 amide bonds. The van der Waals surface area contributed by atoms with Gasteiger partial charge in [0.15, 0.2) is 27.3 Å². The van der Waals surface area contributed by atoms with Crippen molar-refractivity contribution in [2.75, 3.05) is 21.3 Å². The van der Waals surface area contributed by atoms with Gasteiger partial charge in [-0.25, -0.2) is 13.4 Å². The number of aryl methyl sites for hydroxylation is 2. The summed E-state index contributed by atoms with van der Waals surface area (Å²) in [5.41, 5.74) is 2.04. The molecule has 3 heterocycles.